The Bertz CT molecular complexity index is 256. The van der Waals surface area contributed by atoms with Crippen LogP contribution < -0.4 is 0 Å². The van der Waals surface area contributed by atoms with Crippen molar-refractivity contribution in [1.29, 1.82) is 0 Å². The molecule has 0 bridgehead atoms. The molecule has 5 heteroatoms. The molecule has 1 rings (SSSR count). The van der Waals surface area contributed by atoms with Crippen molar-refractivity contribution < 1.29 is 14.7 Å². The molecule has 1 aliphatic rings. The summed E-state index contributed by atoms with van der Waals surface area (Å²) in [5.41, 5.74) is 0. The van der Waals surface area contributed by atoms with E-state index < -0.39 is 5.91 Å². The van der Waals surface area contributed by atoms with Gasteiger partial charge in [-0.2, -0.15) is 0 Å². The van der Waals surface area contributed by atoms with Crippen LogP contribution in [0.1, 0.15) is 25.7 Å². The van der Waals surface area contributed by atoms with Crippen molar-refractivity contribution in [2.75, 3.05) is 33.3 Å². The average Bonchev–Trinajstić information content (AvgIpc) is 2.28. The summed E-state index contributed by atoms with van der Waals surface area (Å²) in [6.45, 7) is 2.15. The summed E-state index contributed by atoms with van der Waals surface area (Å²) in [4.78, 5) is 26.0. The zero-order chi connectivity index (χ0) is 12.0. The van der Waals surface area contributed by atoms with Crippen molar-refractivity contribution in [3.05, 3.63) is 0 Å². The van der Waals surface area contributed by atoms with Crippen LogP contribution in [0.3, 0.4) is 0 Å². The number of carbonyl (C=O) groups is 2. The number of likely N-dealkylation sites (N-methyl/N-ethyl adjacent to an activating group) is 1. The van der Waals surface area contributed by atoms with Crippen LogP contribution in [0.2, 0.25) is 0 Å². The Kier molecular flexibility index (Phi) is 5.25. The van der Waals surface area contributed by atoms with Gasteiger partial charge in [-0.05, 0) is 12.8 Å². The van der Waals surface area contributed by atoms with E-state index in [0.29, 0.717) is 19.6 Å². The summed E-state index contributed by atoms with van der Waals surface area (Å²) in [7, 11) is 1.65. The molecule has 0 saturated carbocycles. The Balaban J connectivity index is 2.22. The number of unbranched alkanes of at least 4 members (excludes halogenated alkanes) is 3. The Hall–Kier alpha value is -1.10. The fraction of sp³-hybridized carbons (Fsp3) is 0.818. The highest BCUT2D eigenvalue weighted by molar-refractivity contribution is 6.35. The van der Waals surface area contributed by atoms with Gasteiger partial charge in [-0.1, -0.05) is 12.8 Å². The van der Waals surface area contributed by atoms with E-state index in [1.54, 1.807) is 11.9 Å². The SMILES string of the molecule is CN1CCN(CCCCCCO)C(=O)C1=O. The summed E-state index contributed by atoms with van der Waals surface area (Å²) < 4.78 is 0. The Morgan fingerprint density at radius 3 is 2.44 bits per heavy atom. The average molecular weight is 228 g/mol. The van der Waals surface area contributed by atoms with Gasteiger partial charge in [0.1, 0.15) is 0 Å². The third-order valence-electron chi connectivity index (χ3n) is 2.86. The highest BCUT2D eigenvalue weighted by atomic mass is 16.3. The summed E-state index contributed by atoms with van der Waals surface area (Å²) in [6.07, 6.45) is 3.69. The van der Waals surface area contributed by atoms with Crippen molar-refractivity contribution in [2.24, 2.45) is 0 Å². The smallest absolute Gasteiger partial charge is 0.312 e. The maximum absolute atomic E-state index is 11.6. The van der Waals surface area contributed by atoms with E-state index in [9.17, 15) is 9.59 Å². The van der Waals surface area contributed by atoms with Crippen LogP contribution in [0.25, 0.3) is 0 Å². The van der Waals surface area contributed by atoms with Gasteiger partial charge in [0.25, 0.3) is 0 Å². The number of aliphatic hydroxyl groups is 1. The van der Waals surface area contributed by atoms with E-state index in [0.717, 1.165) is 25.7 Å². The molecule has 1 fully saturated rings. The lowest BCUT2D eigenvalue weighted by Gasteiger charge is -2.31. The first-order chi connectivity index (χ1) is 7.66. The second-order valence-corrected chi connectivity index (χ2v) is 4.16. The molecule has 1 heterocycles. The van der Waals surface area contributed by atoms with Crippen LogP contribution in [0.15, 0.2) is 0 Å². The second-order valence-electron chi connectivity index (χ2n) is 4.16. The number of aliphatic hydroxyl groups excluding tert-OH is 1. The normalized spacial score (nSPS) is 17.1. The van der Waals surface area contributed by atoms with Gasteiger partial charge in [0.15, 0.2) is 0 Å². The maximum Gasteiger partial charge on any atom is 0.312 e. The molecule has 16 heavy (non-hydrogen) atoms. The number of amides is 2. The summed E-state index contributed by atoms with van der Waals surface area (Å²) in [5.74, 6) is -0.780. The molecule has 0 aromatic heterocycles. The fourth-order valence-corrected chi connectivity index (χ4v) is 1.75. The van der Waals surface area contributed by atoms with Crippen LogP contribution >= 0.6 is 0 Å². The molecular formula is C11H20N2O3. The number of rotatable bonds is 6. The van der Waals surface area contributed by atoms with Gasteiger partial charge < -0.3 is 14.9 Å². The topological polar surface area (TPSA) is 60.9 Å². The zero-order valence-electron chi connectivity index (χ0n) is 9.81. The molecular weight excluding hydrogens is 208 g/mol. The predicted octanol–water partition coefficient (Wildman–Crippen LogP) is -0.160. The molecule has 0 radical (unpaired) electrons. The van der Waals surface area contributed by atoms with Crippen LogP contribution in [-0.2, 0) is 9.59 Å². The lowest BCUT2D eigenvalue weighted by Crippen LogP contribution is -2.52. The van der Waals surface area contributed by atoms with Gasteiger partial charge in [0.2, 0.25) is 0 Å². The number of nitrogens with zero attached hydrogens (tertiary/aromatic N) is 2. The minimum atomic E-state index is -0.401. The number of hydrogen-bond acceptors (Lipinski definition) is 3. The molecule has 5 nitrogen and oxygen atoms in total. The molecule has 92 valence electrons. The van der Waals surface area contributed by atoms with Crippen molar-refractivity contribution >= 4 is 11.8 Å². The summed E-state index contributed by atoms with van der Waals surface area (Å²) >= 11 is 0. The van der Waals surface area contributed by atoms with Crippen LogP contribution in [0.4, 0.5) is 0 Å². The van der Waals surface area contributed by atoms with Gasteiger partial charge in [0.05, 0.1) is 0 Å². The van der Waals surface area contributed by atoms with Gasteiger partial charge in [-0.15, -0.1) is 0 Å². The number of carbonyl (C=O) groups excluding carboxylic acids is 2. The molecule has 0 aromatic rings. The molecule has 1 saturated heterocycles. The molecule has 0 aliphatic carbocycles. The lowest BCUT2D eigenvalue weighted by molar-refractivity contribution is -0.154. The molecule has 0 spiro atoms. The van der Waals surface area contributed by atoms with Crippen LogP contribution in [-0.4, -0.2) is 60.0 Å². The van der Waals surface area contributed by atoms with Crippen LogP contribution in [0.5, 0.6) is 0 Å². The molecule has 0 atom stereocenters. The highest BCUT2D eigenvalue weighted by Gasteiger charge is 2.29. The van der Waals surface area contributed by atoms with Gasteiger partial charge in [0, 0.05) is 33.3 Å². The lowest BCUT2D eigenvalue weighted by atomic mass is 10.2. The van der Waals surface area contributed by atoms with E-state index in [1.807, 2.05) is 0 Å². The van der Waals surface area contributed by atoms with E-state index in [-0.39, 0.29) is 12.5 Å². The zero-order valence-corrected chi connectivity index (χ0v) is 9.81. The largest absolute Gasteiger partial charge is 0.396 e. The van der Waals surface area contributed by atoms with E-state index in [4.69, 9.17) is 5.11 Å². The van der Waals surface area contributed by atoms with Crippen molar-refractivity contribution in [3.63, 3.8) is 0 Å². The highest BCUT2D eigenvalue weighted by Crippen LogP contribution is 2.06. The van der Waals surface area contributed by atoms with Gasteiger partial charge in [-0.3, -0.25) is 9.59 Å². The summed E-state index contributed by atoms with van der Waals surface area (Å²) in [6, 6.07) is 0. The maximum atomic E-state index is 11.6. The number of hydrogen-bond donors (Lipinski definition) is 1. The van der Waals surface area contributed by atoms with E-state index in [2.05, 4.69) is 0 Å². The molecule has 2 amide bonds. The minimum Gasteiger partial charge on any atom is -0.396 e. The molecule has 1 aliphatic heterocycles. The predicted molar refractivity (Wildman–Crippen MR) is 59.8 cm³/mol. The first kappa shape index (κ1) is 13.0. The number of piperazine rings is 1. The third kappa shape index (κ3) is 3.48. The van der Waals surface area contributed by atoms with E-state index in [1.165, 1.54) is 4.90 Å². The van der Waals surface area contributed by atoms with Crippen molar-refractivity contribution in [3.8, 4) is 0 Å². The monoisotopic (exact) mass is 228 g/mol. The Morgan fingerprint density at radius 1 is 1.06 bits per heavy atom. The second kappa shape index (κ2) is 6.48. The Morgan fingerprint density at radius 2 is 1.75 bits per heavy atom. The first-order valence-corrected chi connectivity index (χ1v) is 5.82. The molecule has 0 unspecified atom stereocenters. The van der Waals surface area contributed by atoms with E-state index >= 15 is 0 Å². The fourth-order valence-electron chi connectivity index (χ4n) is 1.75. The molecule has 1 N–H and O–H groups in total. The quantitative estimate of drug-likeness (QED) is 0.507. The van der Waals surface area contributed by atoms with Gasteiger partial charge in [-0.25, -0.2) is 0 Å². The van der Waals surface area contributed by atoms with Crippen LogP contribution in [0, 0.1) is 0 Å². The van der Waals surface area contributed by atoms with Gasteiger partial charge >= 0.3 is 11.8 Å². The first-order valence-electron chi connectivity index (χ1n) is 5.82. The third-order valence-corrected chi connectivity index (χ3v) is 2.86. The Labute approximate surface area is 96.0 Å². The van der Waals surface area contributed by atoms with Crippen molar-refractivity contribution in [2.45, 2.75) is 25.7 Å². The van der Waals surface area contributed by atoms with Crippen molar-refractivity contribution in [1.82, 2.24) is 9.80 Å². The summed E-state index contributed by atoms with van der Waals surface area (Å²) in [5, 5.41) is 8.61. The minimum absolute atomic E-state index is 0.228. The standard InChI is InChI=1S/C11H20N2O3/c1-12-7-8-13(11(16)10(12)15)6-4-2-3-5-9-14/h14H,2-9H2,1H3. The molecule has 0 aromatic carbocycles.